The molecule has 0 aromatic heterocycles. The van der Waals surface area contributed by atoms with E-state index >= 15 is 0 Å². The molecule has 1 unspecified atom stereocenters. The van der Waals surface area contributed by atoms with E-state index < -0.39 is 44.3 Å². The van der Waals surface area contributed by atoms with Crippen LogP contribution < -0.4 is 126 Å². The Kier molecular flexibility index (Phi) is 32.0. The SMILES string of the molecule is COc1cc(C)c(-c2c(C)cc(OC)cc2P)c(C)c1.Cc1ccc2c(c1-c1c(P(c3ccccc3)c3ccccc3)ccc3c1OC(F)(F)O3)OC(F)(F)O2.Cc1ccc2c(c1-c1c(P(c3ccccc3)c3ccccc3)ccc3c1OCCO3)OCCO2.[Ar].[Ar].c1ccc(P(c2ccccc2)c2cccc3c2-c2c(cccc2P(c2ccccc2)c2ccccc2)OCCCO3)cc1. The number of fused-ring (bicyclic) bond motifs is 7. The van der Waals surface area contributed by atoms with Crippen molar-refractivity contribution in [3.63, 3.8) is 0 Å². The van der Waals surface area contributed by atoms with Crippen molar-refractivity contribution in [3.05, 3.63) is 380 Å². The first-order valence-electron chi connectivity index (χ1n) is 43.8. The van der Waals surface area contributed by atoms with E-state index in [2.05, 4.69) is 303 Å². The van der Waals surface area contributed by atoms with Crippen LogP contribution in [0.1, 0.15) is 34.2 Å². The summed E-state index contributed by atoms with van der Waals surface area (Å²) >= 11 is 0. The molecule has 21 rings (SSSR count). The summed E-state index contributed by atoms with van der Waals surface area (Å²) in [6.07, 6.45) is -6.98. The summed E-state index contributed by atoms with van der Waals surface area (Å²) < 4.78 is 125. The molecule has 5 aliphatic heterocycles. The monoisotopic (exact) mass is 1940 g/mol. The molecule has 5 aliphatic rings. The Labute approximate surface area is 852 Å². The summed E-state index contributed by atoms with van der Waals surface area (Å²) in [6.45, 7) is 13.5. The second-order valence-electron chi connectivity index (χ2n) is 31.9. The van der Waals surface area contributed by atoms with E-state index in [1.807, 2.05) is 66.7 Å². The standard InChI is InChI=1S/C39H32O2P2.C29H25O4P.C27H17F4O4P.C17H21O2P.2Ar/c1-5-16-30(17-6-1)42(31-18-7-2-8-19-31)36-26-13-24-34-38(36)39-35(41-29-15-28-40-34)25-14-27-37(39)43(32-20-9-3-10-21-32)33-22-11-4-12-23-33;1-20-12-13-23-28(32-18-16-30-23)26(20)27-25(15-14-24-29(27)33-19-17-31-24)34(21-8-4-2-5-9-21)22-10-6-3-7-11-22;1-16-12-13-19-24(34-26(28,29)32-19)22(16)23-21(15-14-20-25(23)35-27(30,31)33-20)36(17-8-4-2-5-9-17)18-10-6-3-7-11-18;1-10-6-13(18-4)7-11(2)16(10)17-12(3)8-14(19-5)9-15(17)20;;/h1-14,16-27H,15,28-29H2;2-15H,16-19H2,1H3;2-15H,1H3;6-9H,20H2,1-5H3;;. The van der Waals surface area contributed by atoms with Gasteiger partial charge >= 0.3 is 12.6 Å². The molecule has 135 heavy (non-hydrogen) atoms. The van der Waals surface area contributed by atoms with Crippen LogP contribution in [0.25, 0.3) is 44.5 Å². The summed E-state index contributed by atoms with van der Waals surface area (Å²) in [5, 5.41) is 15.2. The summed E-state index contributed by atoms with van der Waals surface area (Å²) in [5.41, 5.74) is 12.5. The van der Waals surface area contributed by atoms with E-state index in [4.69, 9.17) is 52.1 Å². The molecule has 0 N–H and O–H groups in total. The molecule has 16 aromatic carbocycles. The third kappa shape index (κ3) is 21.5. The Balaban J connectivity index is 0.000000134. The van der Waals surface area contributed by atoms with Gasteiger partial charge in [-0.15, -0.1) is 26.8 Å². The van der Waals surface area contributed by atoms with Gasteiger partial charge in [0, 0.05) is 115 Å². The smallest absolute Gasteiger partial charge is 0.497 e. The second-order valence-corrected chi connectivity index (χ2v) is 41.3. The molecule has 684 valence electrons. The number of halogens is 4. The molecular formula is C112H95Ar2F4O12P5. The number of hydrogen-bond acceptors (Lipinski definition) is 12. The molecule has 0 amide bonds. The van der Waals surface area contributed by atoms with Crippen LogP contribution in [0.2, 0.25) is 0 Å². The molecule has 1 atom stereocenters. The summed E-state index contributed by atoms with van der Waals surface area (Å²) in [6, 6.07) is 120. The van der Waals surface area contributed by atoms with Gasteiger partial charge in [-0.1, -0.05) is 279 Å². The first-order chi connectivity index (χ1) is 64.9. The predicted molar refractivity (Wildman–Crippen MR) is 538 cm³/mol. The topological polar surface area (TPSA) is 111 Å². The molecular weight excluding hydrogens is 1850 g/mol. The molecule has 5 heterocycles. The molecule has 0 spiro atoms. The fourth-order valence-electron chi connectivity index (χ4n) is 17.5. The Morgan fingerprint density at radius 2 is 0.519 bits per heavy atom. The van der Waals surface area contributed by atoms with Crippen LogP contribution in [0.4, 0.5) is 17.6 Å². The summed E-state index contributed by atoms with van der Waals surface area (Å²) in [4.78, 5) is 0. The van der Waals surface area contributed by atoms with Gasteiger partial charge in [0.05, 0.1) is 27.4 Å². The maximum atomic E-state index is 14.3. The van der Waals surface area contributed by atoms with Crippen LogP contribution in [0.15, 0.2) is 352 Å². The molecule has 23 heteroatoms. The average molecular weight is 1940 g/mol. The minimum absolute atomic E-state index is 0. The van der Waals surface area contributed by atoms with E-state index in [0.717, 1.165) is 96.1 Å². The van der Waals surface area contributed by atoms with Crippen LogP contribution in [0, 0.1) is 110 Å². The molecule has 0 saturated heterocycles. The predicted octanol–water partition coefficient (Wildman–Crippen LogP) is 21.9. The molecule has 0 fully saturated rings. The van der Waals surface area contributed by atoms with Crippen molar-refractivity contribution in [2.45, 2.75) is 53.6 Å². The van der Waals surface area contributed by atoms with Crippen LogP contribution in [0.3, 0.4) is 0 Å². The first kappa shape index (κ1) is 97.6. The number of methoxy groups -OCH3 is 2. The Hall–Kier alpha value is -10.5. The van der Waals surface area contributed by atoms with Crippen molar-refractivity contribution >= 4 is 110 Å². The fraction of sp³-hybridized carbons (Fsp3) is 0.143. The molecule has 0 saturated carbocycles. The third-order valence-electron chi connectivity index (χ3n) is 23.1. The van der Waals surface area contributed by atoms with Crippen molar-refractivity contribution in [2.24, 2.45) is 0 Å². The molecule has 0 radical (unpaired) electrons. The zero-order valence-electron chi connectivity index (χ0n) is 74.9. The number of hydrogen-bond donors (Lipinski definition) is 0. The van der Waals surface area contributed by atoms with Crippen LogP contribution in [-0.4, -0.2) is 66.5 Å². The number of rotatable bonds is 17. The second kappa shape index (κ2) is 44.3. The normalized spacial score (nSPS) is 13.5. The van der Waals surface area contributed by atoms with Gasteiger partial charge in [0.15, 0.2) is 46.0 Å². The van der Waals surface area contributed by atoms with Crippen molar-refractivity contribution in [1.82, 2.24) is 0 Å². The van der Waals surface area contributed by atoms with E-state index in [-0.39, 0.29) is 110 Å². The zero-order chi connectivity index (χ0) is 91.7. The van der Waals surface area contributed by atoms with Gasteiger partial charge in [-0.2, -0.15) is 0 Å². The van der Waals surface area contributed by atoms with Crippen molar-refractivity contribution < 1.29 is 150 Å². The Morgan fingerprint density at radius 3 is 0.867 bits per heavy atom. The van der Waals surface area contributed by atoms with Crippen LogP contribution in [0.5, 0.6) is 69.0 Å². The third-order valence-corrected chi connectivity index (χ3v) is 33.5. The Morgan fingerprint density at radius 1 is 0.244 bits per heavy atom. The zero-order valence-corrected chi connectivity index (χ0v) is 81.1. The number of benzene rings is 16. The summed E-state index contributed by atoms with van der Waals surface area (Å²) in [7, 11) is 2.25. The summed E-state index contributed by atoms with van der Waals surface area (Å²) in [5.74, 6) is 5.87. The number of alkyl halides is 4. The van der Waals surface area contributed by atoms with Gasteiger partial charge < -0.3 is 56.8 Å². The molecule has 0 bridgehead atoms. The first-order valence-corrected chi connectivity index (χ1v) is 49.7. The molecule has 16 aromatic rings. The van der Waals surface area contributed by atoms with Crippen molar-refractivity contribution in [1.29, 1.82) is 0 Å². The molecule has 12 nitrogen and oxygen atoms in total. The van der Waals surface area contributed by atoms with E-state index in [9.17, 15) is 17.6 Å². The largest absolute Gasteiger partial charge is 0.586 e. The van der Waals surface area contributed by atoms with Gasteiger partial charge in [0.25, 0.3) is 0 Å². The van der Waals surface area contributed by atoms with Gasteiger partial charge in [-0.25, -0.2) is 0 Å². The van der Waals surface area contributed by atoms with Crippen molar-refractivity contribution in [3.8, 4) is 114 Å². The fourth-order valence-corrected chi connectivity index (χ4v) is 27.9. The average Bonchev–Trinajstić information content (AvgIpc) is 1.54. The van der Waals surface area contributed by atoms with Gasteiger partial charge in [-0.3, -0.25) is 0 Å². The van der Waals surface area contributed by atoms with Gasteiger partial charge in [0.1, 0.15) is 49.4 Å². The van der Waals surface area contributed by atoms with E-state index in [0.29, 0.717) is 50.5 Å². The number of aryl methyl sites for hydroxylation is 5. The van der Waals surface area contributed by atoms with Crippen LogP contribution in [-0.2, 0) is 0 Å². The minimum atomic E-state index is -3.91. The Bertz CT molecular complexity index is 6440. The molecule has 0 aliphatic carbocycles. The quantitative estimate of drug-likeness (QED) is 0.0639. The maximum absolute atomic E-state index is 14.3. The minimum Gasteiger partial charge on any atom is -0.497 e. The van der Waals surface area contributed by atoms with Gasteiger partial charge in [0.2, 0.25) is 0 Å². The maximum Gasteiger partial charge on any atom is 0.586 e. The van der Waals surface area contributed by atoms with E-state index in [1.165, 1.54) is 87.7 Å². The number of ether oxygens (including phenoxy) is 12. The van der Waals surface area contributed by atoms with Crippen molar-refractivity contribution in [2.75, 3.05) is 53.9 Å². The van der Waals surface area contributed by atoms with Crippen LogP contribution >= 0.6 is 40.9 Å². The van der Waals surface area contributed by atoms with Gasteiger partial charge in [-0.05, 0) is 247 Å². The van der Waals surface area contributed by atoms with E-state index in [1.54, 1.807) is 33.3 Å².